The Labute approximate surface area is 123 Å². The normalized spacial score (nSPS) is 10.5. The molecule has 1 N–H and O–H groups in total. The first-order valence-electron chi connectivity index (χ1n) is 6.66. The molecular formula is C15H18FN3O2. The van der Waals surface area contributed by atoms with Gasteiger partial charge in [0.05, 0.1) is 12.8 Å². The van der Waals surface area contributed by atoms with Gasteiger partial charge in [-0.15, -0.1) is 0 Å². The molecule has 0 aliphatic rings. The Morgan fingerprint density at radius 1 is 1.29 bits per heavy atom. The molecule has 5 nitrogen and oxygen atoms in total. The van der Waals surface area contributed by atoms with E-state index in [1.807, 2.05) is 6.92 Å². The average Bonchev–Trinajstić information content (AvgIpc) is 2.52. The molecule has 1 heterocycles. The predicted octanol–water partition coefficient (Wildman–Crippen LogP) is 2.87. The maximum absolute atomic E-state index is 14.3. The van der Waals surface area contributed by atoms with Crippen LogP contribution in [-0.4, -0.2) is 30.7 Å². The van der Waals surface area contributed by atoms with Crippen molar-refractivity contribution in [2.75, 3.05) is 26.1 Å². The molecule has 0 saturated heterocycles. The maximum atomic E-state index is 14.3. The summed E-state index contributed by atoms with van der Waals surface area (Å²) >= 11 is 0. The second-order valence-electron chi connectivity index (χ2n) is 4.26. The molecule has 0 bridgehead atoms. The standard InChI is InChI=1S/C15H18FN3O2/c1-4-21-9-14-18-11(8-13(17-2)19-14)10-6-5-7-12(20-3)15(10)16/h5-8H,4,9H2,1-3H3,(H,17,18,19). The van der Waals surface area contributed by atoms with E-state index in [0.29, 0.717) is 29.5 Å². The van der Waals surface area contributed by atoms with Crippen LogP contribution in [0.5, 0.6) is 5.75 Å². The van der Waals surface area contributed by atoms with Gasteiger partial charge in [0, 0.05) is 25.3 Å². The van der Waals surface area contributed by atoms with E-state index in [0.717, 1.165) is 0 Å². The molecule has 0 aliphatic carbocycles. The Hall–Kier alpha value is -2.21. The van der Waals surface area contributed by atoms with Crippen molar-refractivity contribution in [1.29, 1.82) is 0 Å². The summed E-state index contributed by atoms with van der Waals surface area (Å²) in [7, 11) is 3.18. The zero-order chi connectivity index (χ0) is 15.2. The molecule has 0 aliphatic heterocycles. The summed E-state index contributed by atoms with van der Waals surface area (Å²) in [6.45, 7) is 2.74. The number of hydrogen-bond acceptors (Lipinski definition) is 5. The fourth-order valence-electron chi connectivity index (χ4n) is 1.89. The number of hydrogen-bond donors (Lipinski definition) is 1. The van der Waals surface area contributed by atoms with Gasteiger partial charge in [0.2, 0.25) is 0 Å². The van der Waals surface area contributed by atoms with Gasteiger partial charge in [0.25, 0.3) is 0 Å². The molecule has 112 valence electrons. The molecule has 2 rings (SSSR count). The third-order valence-corrected chi connectivity index (χ3v) is 2.92. The van der Waals surface area contributed by atoms with Crippen LogP contribution < -0.4 is 10.1 Å². The van der Waals surface area contributed by atoms with Gasteiger partial charge in [0.15, 0.2) is 17.4 Å². The number of ether oxygens (including phenoxy) is 2. The third-order valence-electron chi connectivity index (χ3n) is 2.92. The fraction of sp³-hybridized carbons (Fsp3) is 0.333. The first-order chi connectivity index (χ1) is 10.2. The number of anilines is 1. The van der Waals surface area contributed by atoms with E-state index in [-0.39, 0.29) is 12.4 Å². The molecule has 21 heavy (non-hydrogen) atoms. The van der Waals surface area contributed by atoms with E-state index in [2.05, 4.69) is 15.3 Å². The Kier molecular flexibility index (Phi) is 5.05. The van der Waals surface area contributed by atoms with Crippen LogP contribution in [-0.2, 0) is 11.3 Å². The van der Waals surface area contributed by atoms with Gasteiger partial charge < -0.3 is 14.8 Å². The van der Waals surface area contributed by atoms with Crippen LogP contribution in [0.3, 0.4) is 0 Å². The van der Waals surface area contributed by atoms with Gasteiger partial charge >= 0.3 is 0 Å². The van der Waals surface area contributed by atoms with Crippen LogP contribution in [0.15, 0.2) is 24.3 Å². The second-order valence-corrected chi connectivity index (χ2v) is 4.26. The lowest BCUT2D eigenvalue weighted by Crippen LogP contribution is -2.04. The largest absolute Gasteiger partial charge is 0.494 e. The van der Waals surface area contributed by atoms with Crippen molar-refractivity contribution in [2.45, 2.75) is 13.5 Å². The maximum Gasteiger partial charge on any atom is 0.174 e. The SMILES string of the molecule is CCOCc1nc(NC)cc(-c2cccc(OC)c2F)n1. The zero-order valence-corrected chi connectivity index (χ0v) is 12.3. The fourth-order valence-corrected chi connectivity index (χ4v) is 1.89. The Bertz CT molecular complexity index is 620. The summed E-state index contributed by atoms with van der Waals surface area (Å²) in [4.78, 5) is 8.64. The molecule has 0 radical (unpaired) electrons. The van der Waals surface area contributed by atoms with E-state index < -0.39 is 5.82 Å². The minimum absolute atomic E-state index is 0.184. The minimum Gasteiger partial charge on any atom is -0.494 e. The van der Waals surface area contributed by atoms with Crippen molar-refractivity contribution in [1.82, 2.24) is 9.97 Å². The first-order valence-corrected chi connectivity index (χ1v) is 6.66. The van der Waals surface area contributed by atoms with Gasteiger partial charge in [-0.2, -0.15) is 0 Å². The van der Waals surface area contributed by atoms with Gasteiger partial charge in [0.1, 0.15) is 12.4 Å². The van der Waals surface area contributed by atoms with Crippen molar-refractivity contribution < 1.29 is 13.9 Å². The summed E-state index contributed by atoms with van der Waals surface area (Å²) < 4.78 is 24.7. The van der Waals surface area contributed by atoms with Crippen molar-refractivity contribution in [3.05, 3.63) is 35.9 Å². The number of methoxy groups -OCH3 is 1. The lowest BCUT2D eigenvalue weighted by molar-refractivity contribution is 0.128. The van der Waals surface area contributed by atoms with E-state index in [4.69, 9.17) is 9.47 Å². The van der Waals surface area contributed by atoms with Gasteiger partial charge in [-0.1, -0.05) is 6.07 Å². The predicted molar refractivity (Wildman–Crippen MR) is 78.9 cm³/mol. The van der Waals surface area contributed by atoms with Gasteiger partial charge in [-0.05, 0) is 19.1 Å². The van der Waals surface area contributed by atoms with Crippen LogP contribution in [0.25, 0.3) is 11.3 Å². The monoisotopic (exact) mass is 291 g/mol. The quantitative estimate of drug-likeness (QED) is 0.887. The van der Waals surface area contributed by atoms with Crippen molar-refractivity contribution in [3.8, 4) is 17.0 Å². The topological polar surface area (TPSA) is 56.3 Å². The van der Waals surface area contributed by atoms with E-state index >= 15 is 0 Å². The number of nitrogens with zero attached hydrogens (tertiary/aromatic N) is 2. The highest BCUT2D eigenvalue weighted by molar-refractivity contribution is 5.65. The summed E-state index contributed by atoms with van der Waals surface area (Å²) in [6, 6.07) is 6.64. The number of benzene rings is 1. The molecule has 2 aromatic rings. The average molecular weight is 291 g/mol. The van der Waals surface area contributed by atoms with E-state index in [1.54, 1.807) is 31.3 Å². The highest BCUT2D eigenvalue weighted by atomic mass is 19.1. The second kappa shape index (κ2) is 6.99. The Morgan fingerprint density at radius 2 is 2.10 bits per heavy atom. The van der Waals surface area contributed by atoms with Crippen molar-refractivity contribution in [2.24, 2.45) is 0 Å². The van der Waals surface area contributed by atoms with Crippen molar-refractivity contribution >= 4 is 5.82 Å². The lowest BCUT2D eigenvalue weighted by atomic mass is 10.1. The van der Waals surface area contributed by atoms with Crippen LogP contribution in [0.2, 0.25) is 0 Å². The number of nitrogens with one attached hydrogen (secondary N) is 1. The van der Waals surface area contributed by atoms with E-state index in [9.17, 15) is 4.39 Å². The third kappa shape index (κ3) is 3.46. The van der Waals surface area contributed by atoms with Gasteiger partial charge in [-0.3, -0.25) is 0 Å². The molecule has 1 aromatic carbocycles. The van der Waals surface area contributed by atoms with Crippen LogP contribution in [0.4, 0.5) is 10.2 Å². The van der Waals surface area contributed by atoms with E-state index in [1.165, 1.54) is 7.11 Å². The summed E-state index contributed by atoms with van der Waals surface area (Å²) in [6.07, 6.45) is 0. The highest BCUT2D eigenvalue weighted by Gasteiger charge is 2.13. The molecule has 0 saturated carbocycles. The Morgan fingerprint density at radius 3 is 2.76 bits per heavy atom. The summed E-state index contributed by atoms with van der Waals surface area (Å²) in [5.41, 5.74) is 0.853. The minimum atomic E-state index is -0.442. The zero-order valence-electron chi connectivity index (χ0n) is 12.3. The smallest absolute Gasteiger partial charge is 0.174 e. The van der Waals surface area contributed by atoms with Crippen LogP contribution in [0.1, 0.15) is 12.7 Å². The summed E-state index contributed by atoms with van der Waals surface area (Å²) in [5.74, 6) is 0.851. The molecule has 0 fully saturated rings. The number of rotatable bonds is 6. The van der Waals surface area contributed by atoms with Crippen LogP contribution in [0, 0.1) is 5.82 Å². The number of halogens is 1. The molecular weight excluding hydrogens is 273 g/mol. The molecule has 0 amide bonds. The molecule has 6 heteroatoms. The molecule has 0 atom stereocenters. The van der Waals surface area contributed by atoms with Crippen LogP contribution >= 0.6 is 0 Å². The molecule has 1 aromatic heterocycles. The Balaban J connectivity index is 2.47. The molecule has 0 unspecified atom stereocenters. The summed E-state index contributed by atoms with van der Waals surface area (Å²) in [5, 5.41) is 2.94. The first kappa shape index (κ1) is 15.2. The molecule has 0 spiro atoms. The highest BCUT2D eigenvalue weighted by Crippen LogP contribution is 2.28. The number of aromatic nitrogens is 2. The van der Waals surface area contributed by atoms with Gasteiger partial charge in [-0.25, -0.2) is 14.4 Å². The van der Waals surface area contributed by atoms with Crippen molar-refractivity contribution in [3.63, 3.8) is 0 Å². The lowest BCUT2D eigenvalue weighted by Gasteiger charge is -2.10.